The second-order valence-corrected chi connectivity index (χ2v) is 12.1. The predicted octanol–water partition coefficient (Wildman–Crippen LogP) is 6.46. The molecule has 6 rings (SSSR count). The lowest BCUT2D eigenvalue weighted by atomic mass is 9.88. The summed E-state index contributed by atoms with van der Waals surface area (Å²) in [4.78, 5) is 4.71. The Bertz CT molecular complexity index is 1670. The number of phenolic OH excluding ortho intramolecular Hbond substituents is 2. The molecule has 0 fully saturated rings. The predicted molar refractivity (Wildman–Crippen MR) is 174 cm³/mol. The Balaban J connectivity index is 1.18. The van der Waals surface area contributed by atoms with Crippen LogP contribution in [0, 0.1) is 0 Å². The summed E-state index contributed by atoms with van der Waals surface area (Å²) in [5, 5.41) is 21.0. The maximum atomic E-state index is 10.7. The third-order valence-corrected chi connectivity index (χ3v) is 9.37. The van der Waals surface area contributed by atoms with Crippen LogP contribution in [-0.4, -0.2) is 68.5 Å². The van der Waals surface area contributed by atoms with Crippen LogP contribution < -0.4 is 18.9 Å². The zero-order chi connectivity index (χ0) is 31.7. The third-order valence-electron chi connectivity index (χ3n) is 9.37. The normalized spacial score (nSPS) is 18.2. The van der Waals surface area contributed by atoms with Gasteiger partial charge in [-0.25, -0.2) is 0 Å². The molecule has 2 N–H and O–H groups in total. The second kappa shape index (κ2) is 12.9. The summed E-state index contributed by atoms with van der Waals surface area (Å²) < 4.78 is 22.8. The van der Waals surface area contributed by atoms with E-state index in [1.165, 1.54) is 22.3 Å². The molecular formula is C37H42N2O6. The lowest BCUT2D eigenvalue weighted by molar-refractivity contribution is 0.227. The summed E-state index contributed by atoms with van der Waals surface area (Å²) in [6.45, 7) is 1.86. The molecule has 0 aliphatic carbocycles. The van der Waals surface area contributed by atoms with Crippen molar-refractivity contribution in [2.24, 2.45) is 0 Å². The molecule has 2 aliphatic heterocycles. The number of hydrogen-bond acceptors (Lipinski definition) is 8. The molecule has 0 bridgehead atoms. The first-order valence-corrected chi connectivity index (χ1v) is 15.4. The fraction of sp³-hybridized carbons (Fsp3) is 0.351. The highest BCUT2D eigenvalue weighted by Gasteiger charge is 2.28. The van der Waals surface area contributed by atoms with E-state index in [2.05, 4.69) is 48.2 Å². The van der Waals surface area contributed by atoms with Crippen LogP contribution in [-0.2, 0) is 25.7 Å². The van der Waals surface area contributed by atoms with Crippen LogP contribution >= 0.6 is 0 Å². The summed E-state index contributed by atoms with van der Waals surface area (Å²) in [5.41, 5.74) is 7.08. The van der Waals surface area contributed by atoms with Crippen molar-refractivity contribution in [2.45, 2.75) is 37.8 Å². The molecule has 4 aromatic rings. The van der Waals surface area contributed by atoms with E-state index in [9.17, 15) is 10.2 Å². The molecule has 0 unspecified atom stereocenters. The molecule has 0 saturated carbocycles. The average Bonchev–Trinajstić information content (AvgIpc) is 3.05. The molecule has 2 heterocycles. The minimum atomic E-state index is 0.101. The molecule has 0 spiro atoms. The summed E-state index contributed by atoms with van der Waals surface area (Å²) in [6.07, 6.45) is 3.41. The summed E-state index contributed by atoms with van der Waals surface area (Å²) in [6, 6.07) is 22.0. The first kappa shape index (κ1) is 30.6. The van der Waals surface area contributed by atoms with Gasteiger partial charge in [-0.05, 0) is 122 Å². The van der Waals surface area contributed by atoms with Crippen molar-refractivity contribution in [3.8, 4) is 40.2 Å². The number of hydrogen-bond donors (Lipinski definition) is 2. The number of fused-ring (bicyclic) bond motifs is 2. The lowest BCUT2D eigenvalue weighted by Gasteiger charge is -2.35. The first-order valence-electron chi connectivity index (χ1n) is 15.4. The highest BCUT2D eigenvalue weighted by molar-refractivity contribution is 5.51. The van der Waals surface area contributed by atoms with Gasteiger partial charge in [0.1, 0.15) is 5.75 Å². The van der Waals surface area contributed by atoms with Gasteiger partial charge >= 0.3 is 0 Å². The van der Waals surface area contributed by atoms with E-state index >= 15 is 0 Å². The molecule has 8 nitrogen and oxygen atoms in total. The second-order valence-electron chi connectivity index (χ2n) is 12.1. The molecule has 45 heavy (non-hydrogen) atoms. The Labute approximate surface area is 265 Å². The SMILES string of the molecule is COc1cc2c(cc1O)CCN(C)[C@H]2Cc1ccc(Oc2cc(C[C@H]3c4cc(OC)c(OC)cc4CCN3C)ccc2O)cc1. The Morgan fingerprint density at radius 2 is 1.13 bits per heavy atom. The highest BCUT2D eigenvalue weighted by Crippen LogP contribution is 2.41. The van der Waals surface area contributed by atoms with Gasteiger partial charge in [-0.1, -0.05) is 18.2 Å². The van der Waals surface area contributed by atoms with Crippen LogP contribution in [0.1, 0.15) is 45.5 Å². The third kappa shape index (κ3) is 6.26. The van der Waals surface area contributed by atoms with Gasteiger partial charge < -0.3 is 29.2 Å². The van der Waals surface area contributed by atoms with Crippen LogP contribution in [0.2, 0.25) is 0 Å². The zero-order valence-electron chi connectivity index (χ0n) is 26.7. The van der Waals surface area contributed by atoms with E-state index in [1.54, 1.807) is 27.4 Å². The monoisotopic (exact) mass is 610 g/mol. The zero-order valence-corrected chi connectivity index (χ0v) is 26.7. The first-order chi connectivity index (χ1) is 21.8. The fourth-order valence-electron chi connectivity index (χ4n) is 6.73. The van der Waals surface area contributed by atoms with Crippen LogP contribution in [0.5, 0.6) is 40.2 Å². The maximum absolute atomic E-state index is 10.7. The van der Waals surface area contributed by atoms with Crippen LogP contribution in [0.15, 0.2) is 66.7 Å². The van der Waals surface area contributed by atoms with Crippen LogP contribution in [0.25, 0.3) is 0 Å². The van der Waals surface area contributed by atoms with Crippen molar-refractivity contribution in [1.29, 1.82) is 0 Å². The molecule has 0 amide bonds. The molecule has 8 heteroatoms. The van der Waals surface area contributed by atoms with Crippen molar-refractivity contribution >= 4 is 0 Å². The van der Waals surface area contributed by atoms with E-state index in [-0.39, 0.29) is 23.6 Å². The highest BCUT2D eigenvalue weighted by atomic mass is 16.5. The number of aromatic hydroxyl groups is 2. The Kier molecular flexibility index (Phi) is 8.79. The Morgan fingerprint density at radius 3 is 1.76 bits per heavy atom. The number of benzene rings is 4. The Morgan fingerprint density at radius 1 is 0.600 bits per heavy atom. The van der Waals surface area contributed by atoms with E-state index in [0.717, 1.165) is 61.4 Å². The van der Waals surface area contributed by atoms with Crippen molar-refractivity contribution in [3.63, 3.8) is 0 Å². The molecule has 0 radical (unpaired) electrons. The van der Waals surface area contributed by atoms with E-state index < -0.39 is 0 Å². The Hall–Kier alpha value is -4.40. The minimum absolute atomic E-state index is 0.101. The van der Waals surface area contributed by atoms with Crippen molar-refractivity contribution < 1.29 is 29.2 Å². The van der Waals surface area contributed by atoms with Gasteiger partial charge in [0, 0.05) is 25.2 Å². The standard InChI is InChI=1S/C37H42N2O6/c1-38-14-12-25-19-33(41)34(42-3)21-28(25)30(38)16-23-6-9-27(10-7-23)45-35-18-24(8-11-32(35)40)17-31-29-22-37(44-5)36(43-4)20-26(29)13-15-39(31)2/h6-11,18-22,30-31,40-41H,12-17H2,1-5H3/t30-,31-/m0/s1. The van der Waals surface area contributed by atoms with Gasteiger partial charge in [0.2, 0.25) is 0 Å². The van der Waals surface area contributed by atoms with Gasteiger partial charge in [-0.15, -0.1) is 0 Å². The van der Waals surface area contributed by atoms with Crippen molar-refractivity contribution in [1.82, 2.24) is 9.80 Å². The number of phenols is 2. The molecule has 236 valence electrons. The van der Waals surface area contributed by atoms with Crippen molar-refractivity contribution in [3.05, 3.63) is 100 Å². The summed E-state index contributed by atoms with van der Waals surface area (Å²) >= 11 is 0. The molecular weight excluding hydrogens is 568 g/mol. The summed E-state index contributed by atoms with van der Waals surface area (Å²) in [5.74, 6) is 3.36. The van der Waals surface area contributed by atoms with Crippen LogP contribution in [0.3, 0.4) is 0 Å². The van der Waals surface area contributed by atoms with E-state index in [1.807, 2.05) is 36.4 Å². The maximum Gasteiger partial charge on any atom is 0.169 e. The van der Waals surface area contributed by atoms with Gasteiger partial charge in [-0.2, -0.15) is 0 Å². The number of rotatable bonds is 9. The lowest BCUT2D eigenvalue weighted by Crippen LogP contribution is -2.33. The van der Waals surface area contributed by atoms with Gasteiger partial charge in [0.05, 0.1) is 21.3 Å². The van der Waals surface area contributed by atoms with Crippen molar-refractivity contribution in [2.75, 3.05) is 48.5 Å². The molecule has 0 aromatic heterocycles. The number of ether oxygens (including phenoxy) is 4. The van der Waals surface area contributed by atoms with Crippen LogP contribution in [0.4, 0.5) is 0 Å². The van der Waals surface area contributed by atoms with Gasteiger partial charge in [0.25, 0.3) is 0 Å². The topological polar surface area (TPSA) is 83.9 Å². The van der Waals surface area contributed by atoms with Gasteiger partial charge in [0.15, 0.2) is 34.5 Å². The number of nitrogens with zero attached hydrogens (tertiary/aromatic N) is 2. The van der Waals surface area contributed by atoms with E-state index in [0.29, 0.717) is 17.2 Å². The molecule has 2 atom stereocenters. The molecule has 2 aliphatic rings. The minimum Gasteiger partial charge on any atom is -0.504 e. The largest absolute Gasteiger partial charge is 0.504 e. The molecule has 4 aromatic carbocycles. The smallest absolute Gasteiger partial charge is 0.169 e. The number of methoxy groups -OCH3 is 3. The fourth-order valence-corrected chi connectivity index (χ4v) is 6.73. The molecule has 0 saturated heterocycles. The number of likely N-dealkylation sites (N-methyl/N-ethyl adjacent to an activating group) is 2. The van der Waals surface area contributed by atoms with E-state index in [4.69, 9.17) is 18.9 Å². The summed E-state index contributed by atoms with van der Waals surface area (Å²) in [7, 11) is 9.20. The quantitative estimate of drug-likeness (QED) is 0.224. The average molecular weight is 611 g/mol. The van der Waals surface area contributed by atoms with Gasteiger partial charge in [-0.3, -0.25) is 9.80 Å².